The van der Waals surface area contributed by atoms with E-state index in [0.717, 1.165) is 22.3 Å². The number of fused-ring (bicyclic) bond motifs is 1. The minimum absolute atomic E-state index is 0.0680. The number of nitrogens with zero attached hydrogens (tertiary/aromatic N) is 4. The number of halogens is 3. The summed E-state index contributed by atoms with van der Waals surface area (Å²) in [6.45, 7) is 5.47. The first-order chi connectivity index (χ1) is 14.5. The fraction of sp³-hybridized carbons (Fsp3) is 0.727. The third-order valence-electron chi connectivity index (χ3n) is 8.02. The maximum absolute atomic E-state index is 13.0. The van der Waals surface area contributed by atoms with Gasteiger partial charge in [-0.05, 0) is 82.5 Å². The second-order valence-corrected chi connectivity index (χ2v) is 10.2. The Bertz CT molecular complexity index is 1010. The van der Waals surface area contributed by atoms with E-state index in [9.17, 15) is 18.0 Å². The van der Waals surface area contributed by atoms with Gasteiger partial charge in [-0.1, -0.05) is 0 Å². The van der Waals surface area contributed by atoms with Gasteiger partial charge in [-0.25, -0.2) is 9.50 Å². The molecule has 6 rings (SSSR count). The number of aromatic nitrogens is 4. The van der Waals surface area contributed by atoms with Crippen molar-refractivity contribution in [3.05, 3.63) is 22.8 Å². The standard InChI is InChI=1S/C22H28F3N5O/c1-11-17(12(2)30-20(26-11)28-19(29-30)22(23,24)25)7-18(31)27-13(3)21-8-14-4-15(9-21)6-16(5-14)10-21/h13-16H,4-10H2,1-3H3,(H,27,31). The van der Waals surface area contributed by atoms with Crippen LogP contribution >= 0.6 is 0 Å². The molecular formula is C22H28F3N5O. The van der Waals surface area contributed by atoms with Gasteiger partial charge in [-0.15, -0.1) is 5.10 Å². The minimum atomic E-state index is -4.64. The van der Waals surface area contributed by atoms with E-state index in [1.807, 2.05) is 0 Å². The van der Waals surface area contributed by atoms with Gasteiger partial charge in [0.05, 0.1) is 6.42 Å². The van der Waals surface area contributed by atoms with E-state index >= 15 is 0 Å². The largest absolute Gasteiger partial charge is 0.453 e. The Morgan fingerprint density at radius 3 is 2.26 bits per heavy atom. The molecule has 1 N–H and O–H groups in total. The molecule has 4 aliphatic carbocycles. The average Bonchev–Trinajstić information content (AvgIpc) is 3.08. The molecule has 0 aromatic carbocycles. The number of carbonyl (C=O) groups excluding carboxylic acids is 1. The molecule has 2 aromatic heterocycles. The normalized spacial score (nSPS) is 30.7. The quantitative estimate of drug-likeness (QED) is 0.787. The van der Waals surface area contributed by atoms with Crippen LogP contribution in [0.3, 0.4) is 0 Å². The van der Waals surface area contributed by atoms with Crippen LogP contribution in [0.1, 0.15) is 68.2 Å². The summed E-state index contributed by atoms with van der Waals surface area (Å²) in [6, 6.07) is 0.0916. The molecule has 4 fully saturated rings. The van der Waals surface area contributed by atoms with Gasteiger partial charge in [-0.3, -0.25) is 4.79 Å². The Balaban J connectivity index is 1.34. The summed E-state index contributed by atoms with van der Waals surface area (Å²) in [5.41, 5.74) is 1.76. The van der Waals surface area contributed by atoms with Crippen molar-refractivity contribution >= 4 is 11.7 Å². The summed E-state index contributed by atoms with van der Waals surface area (Å²) in [6.07, 6.45) is 3.07. The average molecular weight is 435 g/mol. The highest BCUT2D eigenvalue weighted by atomic mass is 19.4. The molecule has 0 saturated heterocycles. The van der Waals surface area contributed by atoms with Gasteiger partial charge in [-0.2, -0.15) is 18.2 Å². The Hall–Kier alpha value is -2.19. The van der Waals surface area contributed by atoms with E-state index < -0.39 is 12.0 Å². The number of hydrogen-bond acceptors (Lipinski definition) is 4. The van der Waals surface area contributed by atoms with Crippen LogP contribution < -0.4 is 5.32 Å². The molecule has 1 unspecified atom stereocenters. The summed E-state index contributed by atoms with van der Waals surface area (Å²) in [5.74, 6) is 0.963. The van der Waals surface area contributed by atoms with Gasteiger partial charge in [0, 0.05) is 23.0 Å². The third-order valence-corrected chi connectivity index (χ3v) is 8.02. The summed E-state index contributed by atoms with van der Waals surface area (Å²) in [5, 5.41) is 6.79. The lowest BCUT2D eigenvalue weighted by Crippen LogP contribution is -2.56. The maximum Gasteiger partial charge on any atom is 0.453 e. The van der Waals surface area contributed by atoms with Crippen LogP contribution in [0.15, 0.2) is 0 Å². The summed E-state index contributed by atoms with van der Waals surface area (Å²) in [4.78, 5) is 20.6. The number of hydrogen-bond donors (Lipinski definition) is 1. The van der Waals surface area contributed by atoms with Gasteiger partial charge in [0.15, 0.2) is 0 Å². The second kappa shape index (κ2) is 6.90. The summed E-state index contributed by atoms with van der Waals surface area (Å²) in [7, 11) is 0. The molecule has 31 heavy (non-hydrogen) atoms. The Morgan fingerprint density at radius 2 is 1.71 bits per heavy atom. The highest BCUT2D eigenvalue weighted by molar-refractivity contribution is 5.79. The van der Waals surface area contributed by atoms with Crippen LogP contribution in [0.25, 0.3) is 5.78 Å². The van der Waals surface area contributed by atoms with Crippen molar-refractivity contribution in [2.45, 2.75) is 77.9 Å². The molecule has 1 amide bonds. The predicted molar refractivity (Wildman–Crippen MR) is 107 cm³/mol. The molecule has 0 aliphatic heterocycles. The van der Waals surface area contributed by atoms with Crippen LogP contribution in [-0.2, 0) is 17.4 Å². The lowest BCUT2D eigenvalue weighted by atomic mass is 9.48. The van der Waals surface area contributed by atoms with Gasteiger partial charge >= 0.3 is 6.18 Å². The topological polar surface area (TPSA) is 72.2 Å². The Morgan fingerprint density at radius 1 is 1.13 bits per heavy atom. The van der Waals surface area contributed by atoms with Gasteiger partial charge in [0.1, 0.15) is 0 Å². The first-order valence-corrected chi connectivity index (χ1v) is 11.1. The molecule has 2 heterocycles. The molecule has 0 radical (unpaired) electrons. The molecule has 4 aliphatic rings. The van der Waals surface area contributed by atoms with Crippen LogP contribution in [-0.4, -0.2) is 31.5 Å². The van der Waals surface area contributed by atoms with E-state index in [1.165, 1.54) is 38.5 Å². The molecule has 0 spiro atoms. The number of amides is 1. The van der Waals surface area contributed by atoms with Crippen molar-refractivity contribution in [1.29, 1.82) is 0 Å². The van der Waals surface area contributed by atoms with Crippen molar-refractivity contribution in [1.82, 2.24) is 24.9 Å². The lowest BCUT2D eigenvalue weighted by Gasteiger charge is -2.59. The molecule has 6 nitrogen and oxygen atoms in total. The fourth-order valence-electron chi connectivity index (χ4n) is 6.90. The smallest absolute Gasteiger partial charge is 0.353 e. The lowest BCUT2D eigenvalue weighted by molar-refractivity contribution is -0.144. The maximum atomic E-state index is 13.0. The number of rotatable bonds is 4. The Labute approximate surface area is 179 Å². The summed E-state index contributed by atoms with van der Waals surface area (Å²) >= 11 is 0. The van der Waals surface area contributed by atoms with Gasteiger partial charge in [0.2, 0.25) is 5.91 Å². The molecule has 9 heteroatoms. The molecule has 4 saturated carbocycles. The van der Waals surface area contributed by atoms with Gasteiger partial charge in [0.25, 0.3) is 11.6 Å². The van der Waals surface area contributed by atoms with Gasteiger partial charge < -0.3 is 5.32 Å². The van der Waals surface area contributed by atoms with Crippen LogP contribution in [0, 0.1) is 37.0 Å². The van der Waals surface area contributed by atoms with Crippen LogP contribution in [0.4, 0.5) is 13.2 Å². The van der Waals surface area contributed by atoms with Crippen molar-refractivity contribution in [2.24, 2.45) is 23.2 Å². The molecule has 4 bridgehead atoms. The zero-order valence-corrected chi connectivity index (χ0v) is 18.1. The van der Waals surface area contributed by atoms with Crippen molar-refractivity contribution in [3.63, 3.8) is 0 Å². The fourth-order valence-corrected chi connectivity index (χ4v) is 6.90. The zero-order chi connectivity index (χ0) is 22.1. The number of nitrogens with one attached hydrogen (secondary N) is 1. The highest BCUT2D eigenvalue weighted by Gasteiger charge is 2.53. The monoisotopic (exact) mass is 435 g/mol. The second-order valence-electron chi connectivity index (χ2n) is 10.2. The molecule has 2 aromatic rings. The minimum Gasteiger partial charge on any atom is -0.353 e. The van der Waals surface area contributed by atoms with Crippen molar-refractivity contribution in [3.8, 4) is 0 Å². The number of carbonyl (C=O) groups is 1. The van der Waals surface area contributed by atoms with E-state index in [2.05, 4.69) is 27.3 Å². The first-order valence-electron chi connectivity index (χ1n) is 11.1. The van der Waals surface area contributed by atoms with E-state index in [0.29, 0.717) is 17.0 Å². The SMILES string of the molecule is Cc1nc2nc(C(F)(F)F)nn2c(C)c1CC(=O)NC(C)C12CC3CC(CC(C3)C1)C2. The van der Waals surface area contributed by atoms with Crippen molar-refractivity contribution in [2.75, 3.05) is 0 Å². The molecule has 168 valence electrons. The Kier molecular flexibility index (Phi) is 4.61. The zero-order valence-electron chi connectivity index (χ0n) is 18.1. The van der Waals surface area contributed by atoms with E-state index in [4.69, 9.17) is 0 Å². The first kappa shape index (κ1) is 20.7. The van der Waals surface area contributed by atoms with E-state index in [1.54, 1.807) is 13.8 Å². The molecule has 1 atom stereocenters. The molecular weight excluding hydrogens is 407 g/mol. The van der Waals surface area contributed by atoms with E-state index in [-0.39, 0.29) is 29.6 Å². The van der Waals surface area contributed by atoms with Crippen LogP contribution in [0.5, 0.6) is 0 Å². The predicted octanol–water partition coefficient (Wildman–Crippen LogP) is 4.02. The number of aryl methyl sites for hydroxylation is 2. The number of alkyl halides is 3. The van der Waals surface area contributed by atoms with Crippen LogP contribution in [0.2, 0.25) is 0 Å². The van der Waals surface area contributed by atoms with Crippen molar-refractivity contribution < 1.29 is 18.0 Å². The highest BCUT2D eigenvalue weighted by Crippen LogP contribution is 2.61. The summed E-state index contributed by atoms with van der Waals surface area (Å²) < 4.78 is 40.1. The third kappa shape index (κ3) is 3.49.